The molecule has 2 N–H and O–H groups in total. The maximum absolute atomic E-state index is 12.1. The number of rotatable bonds is 2. The Hall–Kier alpha value is -2.73. The molecule has 6 heteroatoms. The summed E-state index contributed by atoms with van der Waals surface area (Å²) in [5.74, 6) is 0.494. The van der Waals surface area contributed by atoms with Crippen molar-refractivity contribution in [3.63, 3.8) is 0 Å². The van der Waals surface area contributed by atoms with Gasteiger partial charge in [-0.3, -0.25) is 20.5 Å². The highest BCUT2D eigenvalue weighted by molar-refractivity contribution is 7.80. The molecule has 122 valence electrons. The molecule has 1 amide bonds. The fourth-order valence-electron chi connectivity index (χ4n) is 2.47. The Balaban J connectivity index is 1.61. The third-order valence-electron chi connectivity index (χ3n) is 3.64. The molecule has 2 aromatic rings. The van der Waals surface area contributed by atoms with Gasteiger partial charge in [-0.25, -0.2) is 4.99 Å². The number of benzene rings is 2. The van der Waals surface area contributed by atoms with Crippen molar-refractivity contribution in [2.45, 2.75) is 13.3 Å². The summed E-state index contributed by atoms with van der Waals surface area (Å²) < 4.78 is 0. The van der Waals surface area contributed by atoms with E-state index in [1.54, 1.807) is 12.1 Å². The van der Waals surface area contributed by atoms with E-state index in [1.807, 2.05) is 35.3 Å². The first-order valence-corrected chi connectivity index (χ1v) is 8.11. The summed E-state index contributed by atoms with van der Waals surface area (Å²) in [5.41, 5.74) is 6.06. The standard InChI is InChI=1S/C18H18N4OS/c1-13-6-5-9-15(12-13)22-11-10-16(21-22)19-18(24)20-17(23)14-7-3-2-4-8-14/h2-9,12H,10-11H2,1H3,(H2,19,20,21,23,24). The topological polar surface area (TPSA) is 56.7 Å². The summed E-state index contributed by atoms with van der Waals surface area (Å²) in [5, 5.41) is 4.82. The predicted octanol–water partition coefficient (Wildman–Crippen LogP) is 2.82. The van der Waals surface area contributed by atoms with Crippen molar-refractivity contribution in [2.24, 2.45) is 4.99 Å². The fraction of sp³-hybridized carbons (Fsp3) is 0.167. The highest BCUT2D eigenvalue weighted by Gasteiger charge is 2.18. The van der Waals surface area contributed by atoms with Crippen LogP contribution in [0.3, 0.4) is 0 Å². The molecule has 0 unspecified atom stereocenters. The number of nitrogens with one attached hydrogen (secondary N) is 2. The summed E-state index contributed by atoms with van der Waals surface area (Å²) in [6.45, 7) is 2.86. The second kappa shape index (κ2) is 7.23. The number of hydrazine groups is 1. The number of aryl methyl sites for hydroxylation is 1. The maximum Gasteiger partial charge on any atom is 0.257 e. The second-order valence-electron chi connectivity index (χ2n) is 5.54. The van der Waals surface area contributed by atoms with Gasteiger partial charge in [-0.1, -0.05) is 30.3 Å². The van der Waals surface area contributed by atoms with Crippen LogP contribution < -0.4 is 15.8 Å². The third-order valence-corrected chi connectivity index (χ3v) is 3.84. The molecule has 0 bridgehead atoms. The molecule has 24 heavy (non-hydrogen) atoms. The van der Waals surface area contributed by atoms with Crippen molar-refractivity contribution in [3.8, 4) is 0 Å². The minimum atomic E-state index is -0.251. The summed E-state index contributed by atoms with van der Waals surface area (Å²) >= 11 is 5.17. The SMILES string of the molecule is Cc1cccc(N2CCC(=NC(=S)NC(=O)c3ccccc3)N2)c1. The van der Waals surface area contributed by atoms with E-state index in [9.17, 15) is 4.79 Å². The minimum absolute atomic E-state index is 0.164. The van der Waals surface area contributed by atoms with Crippen molar-refractivity contribution in [2.75, 3.05) is 11.6 Å². The van der Waals surface area contributed by atoms with Crippen LogP contribution in [0.5, 0.6) is 0 Å². The number of nitrogens with zero attached hydrogens (tertiary/aromatic N) is 2. The zero-order valence-corrected chi connectivity index (χ0v) is 14.1. The highest BCUT2D eigenvalue weighted by atomic mass is 32.1. The number of anilines is 1. The van der Waals surface area contributed by atoms with Gasteiger partial charge in [0.05, 0.1) is 5.69 Å². The molecule has 0 spiro atoms. The largest absolute Gasteiger partial charge is 0.297 e. The van der Waals surface area contributed by atoms with Crippen LogP contribution in [0.15, 0.2) is 59.6 Å². The number of aliphatic imine (C=N–C) groups is 1. The van der Waals surface area contributed by atoms with Crippen LogP contribution in [-0.2, 0) is 0 Å². The predicted molar refractivity (Wildman–Crippen MR) is 100 cm³/mol. The van der Waals surface area contributed by atoms with Gasteiger partial charge < -0.3 is 0 Å². The quantitative estimate of drug-likeness (QED) is 0.827. The Kier molecular flexibility index (Phi) is 4.86. The third kappa shape index (κ3) is 3.97. The molecule has 0 aliphatic carbocycles. The molecule has 2 aromatic carbocycles. The average Bonchev–Trinajstić information content (AvgIpc) is 3.04. The summed E-state index contributed by atoms with van der Waals surface area (Å²) in [6.07, 6.45) is 0.745. The van der Waals surface area contributed by atoms with Crippen LogP contribution >= 0.6 is 12.2 Å². The van der Waals surface area contributed by atoms with E-state index in [1.165, 1.54) is 5.56 Å². The molecule has 0 atom stereocenters. The smallest absolute Gasteiger partial charge is 0.257 e. The normalized spacial score (nSPS) is 15.2. The number of thiocarbonyl (C=S) groups is 1. The number of hydrogen-bond donors (Lipinski definition) is 2. The molecule has 0 saturated carbocycles. The molecule has 5 nitrogen and oxygen atoms in total. The zero-order chi connectivity index (χ0) is 16.9. The first-order chi connectivity index (χ1) is 11.6. The summed E-state index contributed by atoms with van der Waals surface area (Å²) in [6, 6.07) is 17.2. The van der Waals surface area contributed by atoms with E-state index in [4.69, 9.17) is 12.2 Å². The van der Waals surface area contributed by atoms with Crippen molar-refractivity contribution in [1.29, 1.82) is 0 Å². The van der Waals surface area contributed by atoms with Gasteiger partial charge in [0.1, 0.15) is 5.84 Å². The molecule has 1 aliphatic rings. The molecule has 1 fully saturated rings. The lowest BCUT2D eigenvalue weighted by atomic mass is 10.2. The van der Waals surface area contributed by atoms with E-state index in [0.29, 0.717) is 5.56 Å². The lowest BCUT2D eigenvalue weighted by molar-refractivity contribution is 0.0977. The maximum atomic E-state index is 12.1. The van der Waals surface area contributed by atoms with Gasteiger partial charge in [0.15, 0.2) is 0 Å². The number of carbonyl (C=O) groups is 1. The Bertz CT molecular complexity index is 789. The van der Waals surface area contributed by atoms with Crippen LogP contribution in [0.2, 0.25) is 0 Å². The summed E-state index contributed by atoms with van der Waals surface area (Å²) in [4.78, 5) is 16.4. The van der Waals surface area contributed by atoms with E-state index in [-0.39, 0.29) is 11.0 Å². The van der Waals surface area contributed by atoms with E-state index in [2.05, 4.69) is 34.8 Å². The van der Waals surface area contributed by atoms with Crippen molar-refractivity contribution >= 4 is 34.8 Å². The van der Waals surface area contributed by atoms with E-state index < -0.39 is 0 Å². The molecule has 1 heterocycles. The van der Waals surface area contributed by atoms with Crippen molar-refractivity contribution in [1.82, 2.24) is 10.7 Å². The Morgan fingerprint density at radius 3 is 2.75 bits per heavy atom. The van der Waals surface area contributed by atoms with Gasteiger partial charge in [0.2, 0.25) is 5.11 Å². The van der Waals surface area contributed by atoms with Crippen molar-refractivity contribution < 1.29 is 4.79 Å². The fourth-order valence-corrected chi connectivity index (χ4v) is 2.67. The monoisotopic (exact) mass is 338 g/mol. The van der Waals surface area contributed by atoms with Gasteiger partial charge in [0, 0.05) is 18.5 Å². The van der Waals surface area contributed by atoms with Gasteiger partial charge in [0.25, 0.3) is 5.91 Å². The Labute approximate surface area is 146 Å². The van der Waals surface area contributed by atoms with Gasteiger partial charge in [-0.2, -0.15) is 0 Å². The van der Waals surface area contributed by atoms with E-state index >= 15 is 0 Å². The van der Waals surface area contributed by atoms with Gasteiger partial charge >= 0.3 is 0 Å². The zero-order valence-electron chi connectivity index (χ0n) is 13.3. The molecule has 1 saturated heterocycles. The molecule has 0 aromatic heterocycles. The van der Waals surface area contributed by atoms with Gasteiger partial charge in [-0.15, -0.1) is 0 Å². The second-order valence-corrected chi connectivity index (χ2v) is 5.92. The Morgan fingerprint density at radius 2 is 2.00 bits per heavy atom. The molecule has 1 aliphatic heterocycles. The first kappa shape index (κ1) is 16.1. The van der Waals surface area contributed by atoms with Crippen LogP contribution in [0.4, 0.5) is 5.69 Å². The number of amides is 1. The van der Waals surface area contributed by atoms with Crippen LogP contribution in [0.25, 0.3) is 0 Å². The number of amidine groups is 1. The highest BCUT2D eigenvalue weighted by Crippen LogP contribution is 2.17. The number of hydrogen-bond acceptors (Lipinski definition) is 3. The lowest BCUT2D eigenvalue weighted by Gasteiger charge is -2.18. The molecular formula is C18H18N4OS. The van der Waals surface area contributed by atoms with Crippen LogP contribution in [0, 0.1) is 6.92 Å². The van der Waals surface area contributed by atoms with Crippen LogP contribution in [-0.4, -0.2) is 23.4 Å². The Morgan fingerprint density at radius 1 is 1.21 bits per heavy atom. The van der Waals surface area contributed by atoms with Gasteiger partial charge in [-0.05, 0) is 49.0 Å². The van der Waals surface area contributed by atoms with Crippen LogP contribution in [0.1, 0.15) is 22.3 Å². The lowest BCUT2D eigenvalue weighted by Crippen LogP contribution is -2.35. The minimum Gasteiger partial charge on any atom is -0.297 e. The first-order valence-electron chi connectivity index (χ1n) is 7.70. The molecule has 3 rings (SSSR count). The average molecular weight is 338 g/mol. The molecular weight excluding hydrogens is 320 g/mol. The summed E-state index contributed by atoms with van der Waals surface area (Å²) in [7, 11) is 0. The van der Waals surface area contributed by atoms with E-state index in [0.717, 1.165) is 24.5 Å². The van der Waals surface area contributed by atoms with Crippen molar-refractivity contribution in [3.05, 3.63) is 65.7 Å². The number of carbonyl (C=O) groups excluding carboxylic acids is 1. The molecule has 0 radical (unpaired) electrons.